The molecule has 0 bridgehead atoms. The predicted octanol–water partition coefficient (Wildman–Crippen LogP) is 2.01. The standard InChI is InChI=1S/C13H18O4/c1-3-11(14)9-17-12-7-5-10(6-8-12)13(15)16-4-2/h5-8,11,14H,3-4,9H2,1-2H3/t11-/m0/s1. The van der Waals surface area contributed by atoms with Gasteiger partial charge in [-0.25, -0.2) is 4.79 Å². The van der Waals surface area contributed by atoms with E-state index >= 15 is 0 Å². The van der Waals surface area contributed by atoms with Crippen LogP contribution in [0.15, 0.2) is 24.3 Å². The Kier molecular flexibility index (Phi) is 5.49. The summed E-state index contributed by atoms with van der Waals surface area (Å²) in [6.07, 6.45) is 0.195. The van der Waals surface area contributed by atoms with Crippen molar-refractivity contribution in [3.8, 4) is 5.75 Å². The number of aliphatic hydroxyl groups excluding tert-OH is 1. The molecule has 0 fully saturated rings. The first kappa shape index (κ1) is 13.5. The van der Waals surface area contributed by atoms with Crippen LogP contribution in [0.5, 0.6) is 5.75 Å². The van der Waals surface area contributed by atoms with Gasteiger partial charge in [-0.05, 0) is 37.6 Å². The zero-order chi connectivity index (χ0) is 12.7. The summed E-state index contributed by atoms with van der Waals surface area (Å²) in [6.45, 7) is 4.27. The number of benzene rings is 1. The third-order valence-electron chi connectivity index (χ3n) is 2.28. The van der Waals surface area contributed by atoms with E-state index < -0.39 is 6.10 Å². The Balaban J connectivity index is 2.53. The van der Waals surface area contributed by atoms with Crippen molar-refractivity contribution in [1.29, 1.82) is 0 Å². The van der Waals surface area contributed by atoms with Gasteiger partial charge in [0, 0.05) is 0 Å². The highest BCUT2D eigenvalue weighted by Crippen LogP contribution is 2.13. The molecule has 0 spiro atoms. The first-order valence-electron chi connectivity index (χ1n) is 5.75. The topological polar surface area (TPSA) is 55.8 Å². The highest BCUT2D eigenvalue weighted by atomic mass is 16.5. The summed E-state index contributed by atoms with van der Waals surface area (Å²) >= 11 is 0. The van der Waals surface area contributed by atoms with Gasteiger partial charge in [-0.3, -0.25) is 0 Å². The lowest BCUT2D eigenvalue weighted by molar-refractivity contribution is 0.0526. The molecule has 0 saturated carbocycles. The maximum absolute atomic E-state index is 11.4. The molecule has 94 valence electrons. The minimum Gasteiger partial charge on any atom is -0.491 e. The van der Waals surface area contributed by atoms with Crippen molar-refractivity contribution >= 4 is 5.97 Å². The number of rotatable bonds is 6. The normalized spacial score (nSPS) is 11.9. The van der Waals surface area contributed by atoms with E-state index in [1.54, 1.807) is 31.2 Å². The summed E-state index contributed by atoms with van der Waals surface area (Å²) in [5, 5.41) is 9.33. The summed E-state index contributed by atoms with van der Waals surface area (Å²) in [6, 6.07) is 6.67. The molecule has 4 heteroatoms. The van der Waals surface area contributed by atoms with Gasteiger partial charge >= 0.3 is 5.97 Å². The molecule has 0 radical (unpaired) electrons. The first-order valence-corrected chi connectivity index (χ1v) is 5.75. The van der Waals surface area contributed by atoms with Crippen LogP contribution in [0.1, 0.15) is 30.6 Å². The van der Waals surface area contributed by atoms with Crippen LogP contribution in [0, 0.1) is 0 Å². The van der Waals surface area contributed by atoms with Crippen LogP contribution in [0.3, 0.4) is 0 Å². The van der Waals surface area contributed by atoms with Crippen LogP contribution < -0.4 is 4.74 Å². The van der Waals surface area contributed by atoms with E-state index in [0.717, 1.165) is 0 Å². The summed E-state index contributed by atoms with van der Waals surface area (Å²) < 4.78 is 10.2. The van der Waals surface area contributed by atoms with Gasteiger partial charge in [0.15, 0.2) is 0 Å². The lowest BCUT2D eigenvalue weighted by atomic mass is 10.2. The van der Waals surface area contributed by atoms with Gasteiger partial charge in [0.05, 0.1) is 18.3 Å². The Bertz CT molecular complexity index is 345. The number of hydrogen-bond donors (Lipinski definition) is 1. The fourth-order valence-corrected chi connectivity index (χ4v) is 1.21. The van der Waals surface area contributed by atoms with Crippen molar-refractivity contribution in [2.45, 2.75) is 26.4 Å². The van der Waals surface area contributed by atoms with Gasteiger partial charge in [-0.15, -0.1) is 0 Å². The molecule has 17 heavy (non-hydrogen) atoms. The van der Waals surface area contributed by atoms with E-state index in [-0.39, 0.29) is 12.6 Å². The number of carbonyl (C=O) groups excluding carboxylic acids is 1. The van der Waals surface area contributed by atoms with Crippen LogP contribution in [0.2, 0.25) is 0 Å². The molecule has 0 aliphatic heterocycles. The Morgan fingerprint density at radius 2 is 1.94 bits per heavy atom. The molecule has 1 rings (SSSR count). The van der Waals surface area contributed by atoms with E-state index in [1.165, 1.54) is 0 Å². The largest absolute Gasteiger partial charge is 0.491 e. The SMILES string of the molecule is CCOC(=O)c1ccc(OC[C@@H](O)CC)cc1. The lowest BCUT2D eigenvalue weighted by Gasteiger charge is -2.10. The second-order valence-electron chi connectivity index (χ2n) is 3.62. The molecule has 0 aliphatic rings. The molecule has 0 aliphatic carbocycles. The zero-order valence-electron chi connectivity index (χ0n) is 10.2. The van der Waals surface area contributed by atoms with Crippen LogP contribution >= 0.6 is 0 Å². The molecule has 0 saturated heterocycles. The fourth-order valence-electron chi connectivity index (χ4n) is 1.21. The van der Waals surface area contributed by atoms with Gasteiger partial charge < -0.3 is 14.6 Å². The van der Waals surface area contributed by atoms with E-state index in [1.807, 2.05) is 6.92 Å². The summed E-state index contributed by atoms with van der Waals surface area (Å²) in [5.74, 6) is 0.290. The monoisotopic (exact) mass is 238 g/mol. The first-order chi connectivity index (χ1) is 8.17. The van der Waals surface area contributed by atoms with Gasteiger partial charge in [-0.1, -0.05) is 6.92 Å². The van der Waals surface area contributed by atoms with E-state index in [4.69, 9.17) is 9.47 Å². The van der Waals surface area contributed by atoms with Crippen molar-refractivity contribution in [3.63, 3.8) is 0 Å². The number of ether oxygens (including phenoxy) is 2. The second kappa shape index (κ2) is 6.91. The molecular formula is C13H18O4. The van der Waals surface area contributed by atoms with Crippen LogP contribution in [-0.4, -0.2) is 30.4 Å². The lowest BCUT2D eigenvalue weighted by Crippen LogP contribution is -2.16. The summed E-state index contributed by atoms with van der Waals surface area (Å²) in [7, 11) is 0. The third-order valence-corrected chi connectivity index (χ3v) is 2.28. The quantitative estimate of drug-likeness (QED) is 0.770. The predicted molar refractivity (Wildman–Crippen MR) is 64.2 cm³/mol. The fraction of sp³-hybridized carbons (Fsp3) is 0.462. The molecule has 1 N–H and O–H groups in total. The minimum atomic E-state index is -0.459. The second-order valence-corrected chi connectivity index (χ2v) is 3.62. The summed E-state index contributed by atoms with van der Waals surface area (Å²) in [4.78, 5) is 11.4. The molecule has 0 unspecified atom stereocenters. The highest BCUT2D eigenvalue weighted by molar-refractivity contribution is 5.89. The average molecular weight is 238 g/mol. The highest BCUT2D eigenvalue weighted by Gasteiger charge is 2.06. The zero-order valence-corrected chi connectivity index (χ0v) is 10.2. The maximum atomic E-state index is 11.4. The molecule has 0 aromatic heterocycles. The summed E-state index contributed by atoms with van der Waals surface area (Å²) in [5.41, 5.74) is 0.496. The molecule has 1 aromatic rings. The van der Waals surface area contributed by atoms with Crippen molar-refractivity contribution in [2.75, 3.05) is 13.2 Å². The number of esters is 1. The number of hydrogen-bond acceptors (Lipinski definition) is 4. The van der Waals surface area contributed by atoms with E-state index in [0.29, 0.717) is 24.3 Å². The van der Waals surface area contributed by atoms with Crippen LogP contribution in [0.4, 0.5) is 0 Å². The molecule has 0 amide bonds. The van der Waals surface area contributed by atoms with Crippen LogP contribution in [-0.2, 0) is 4.74 Å². The Morgan fingerprint density at radius 3 is 2.47 bits per heavy atom. The Morgan fingerprint density at radius 1 is 1.29 bits per heavy atom. The smallest absolute Gasteiger partial charge is 0.338 e. The molecule has 1 aromatic carbocycles. The Hall–Kier alpha value is -1.55. The van der Waals surface area contributed by atoms with Crippen LogP contribution in [0.25, 0.3) is 0 Å². The van der Waals surface area contributed by atoms with Crippen molar-refractivity contribution in [3.05, 3.63) is 29.8 Å². The van der Waals surface area contributed by atoms with Crippen molar-refractivity contribution < 1.29 is 19.4 Å². The van der Waals surface area contributed by atoms with Gasteiger partial charge in [0.1, 0.15) is 12.4 Å². The molecule has 0 heterocycles. The van der Waals surface area contributed by atoms with Gasteiger partial charge in [0.2, 0.25) is 0 Å². The number of aliphatic hydroxyl groups is 1. The molecular weight excluding hydrogens is 220 g/mol. The third kappa shape index (κ3) is 4.44. The van der Waals surface area contributed by atoms with Crippen molar-refractivity contribution in [2.24, 2.45) is 0 Å². The van der Waals surface area contributed by atoms with E-state index in [9.17, 15) is 9.90 Å². The maximum Gasteiger partial charge on any atom is 0.338 e. The minimum absolute atomic E-state index is 0.259. The molecule has 1 atom stereocenters. The Labute approximate surface area is 101 Å². The van der Waals surface area contributed by atoms with E-state index in [2.05, 4.69) is 0 Å². The van der Waals surface area contributed by atoms with Gasteiger partial charge in [0.25, 0.3) is 0 Å². The average Bonchev–Trinajstić information content (AvgIpc) is 2.36. The van der Waals surface area contributed by atoms with Crippen molar-refractivity contribution in [1.82, 2.24) is 0 Å². The molecule has 4 nitrogen and oxygen atoms in total. The van der Waals surface area contributed by atoms with Gasteiger partial charge in [-0.2, -0.15) is 0 Å². The number of carbonyl (C=O) groups is 1.